The Labute approximate surface area is 147 Å². The van der Waals surface area contributed by atoms with Crippen LogP contribution in [0.3, 0.4) is 0 Å². The Bertz CT molecular complexity index is 724. The number of nitrogens with one attached hydrogen (secondary N) is 2. The van der Waals surface area contributed by atoms with Gasteiger partial charge < -0.3 is 15.4 Å². The topological polar surface area (TPSA) is 67.4 Å². The first kappa shape index (κ1) is 17.9. The molecule has 0 bridgehead atoms. The Morgan fingerprint density at radius 3 is 2.62 bits per heavy atom. The second kappa shape index (κ2) is 9.02. The molecule has 2 N–H and O–H groups in total. The summed E-state index contributed by atoms with van der Waals surface area (Å²) in [6, 6.07) is 12.9. The normalized spacial score (nSPS) is 10.1. The minimum absolute atomic E-state index is 0.131. The molecule has 0 radical (unpaired) electrons. The van der Waals surface area contributed by atoms with E-state index in [0.29, 0.717) is 5.56 Å². The van der Waals surface area contributed by atoms with Gasteiger partial charge in [-0.3, -0.25) is 9.59 Å². The molecule has 2 aromatic carbocycles. The Morgan fingerprint density at radius 2 is 1.88 bits per heavy atom. The molecule has 0 fully saturated rings. The molecule has 0 aromatic heterocycles. The van der Waals surface area contributed by atoms with E-state index in [9.17, 15) is 14.0 Å². The van der Waals surface area contributed by atoms with Gasteiger partial charge >= 0.3 is 0 Å². The zero-order chi connectivity index (χ0) is 17.4. The van der Waals surface area contributed by atoms with Crippen molar-refractivity contribution in [3.63, 3.8) is 0 Å². The summed E-state index contributed by atoms with van der Waals surface area (Å²) < 4.78 is 19.3. The number of ether oxygens (including phenoxy) is 1. The van der Waals surface area contributed by atoms with Crippen LogP contribution in [-0.2, 0) is 4.79 Å². The Kier molecular flexibility index (Phi) is 6.74. The van der Waals surface area contributed by atoms with Gasteiger partial charge in [0.1, 0.15) is 6.61 Å². The first-order valence-corrected chi connectivity index (χ1v) is 8.03. The number of rotatable bonds is 7. The molecule has 0 unspecified atom stereocenters. The zero-order valence-corrected chi connectivity index (χ0v) is 14.3. The van der Waals surface area contributed by atoms with E-state index in [2.05, 4.69) is 26.6 Å². The molecule has 0 saturated carbocycles. The summed E-state index contributed by atoms with van der Waals surface area (Å²) in [5, 5.41) is 5.10. The van der Waals surface area contributed by atoms with Crippen LogP contribution >= 0.6 is 15.9 Å². The summed E-state index contributed by atoms with van der Waals surface area (Å²) in [7, 11) is 0. The molecule has 0 spiro atoms. The number of amides is 2. The van der Waals surface area contributed by atoms with Crippen LogP contribution in [0.15, 0.2) is 53.0 Å². The van der Waals surface area contributed by atoms with Gasteiger partial charge in [-0.1, -0.05) is 34.1 Å². The smallest absolute Gasteiger partial charge is 0.251 e. The second-order valence-corrected chi connectivity index (χ2v) is 5.74. The fraction of sp³-hybridized carbons (Fsp3) is 0.176. The monoisotopic (exact) mass is 394 g/mol. The molecule has 2 aromatic rings. The predicted octanol–water partition coefficient (Wildman–Crippen LogP) is 2.51. The zero-order valence-electron chi connectivity index (χ0n) is 12.7. The third kappa shape index (κ3) is 5.66. The van der Waals surface area contributed by atoms with E-state index < -0.39 is 5.82 Å². The molecule has 5 nitrogen and oxygen atoms in total. The Hall–Kier alpha value is -2.41. The number of hydrogen-bond donors (Lipinski definition) is 2. The lowest BCUT2D eigenvalue weighted by Crippen LogP contribution is -2.38. The van der Waals surface area contributed by atoms with E-state index in [1.54, 1.807) is 36.4 Å². The molecule has 2 amide bonds. The average molecular weight is 395 g/mol. The second-order valence-electron chi connectivity index (χ2n) is 4.82. The van der Waals surface area contributed by atoms with Crippen LogP contribution in [0.5, 0.6) is 5.75 Å². The van der Waals surface area contributed by atoms with Crippen LogP contribution in [0.1, 0.15) is 10.4 Å². The van der Waals surface area contributed by atoms with Crippen molar-refractivity contribution in [3.05, 3.63) is 64.4 Å². The molecule has 7 heteroatoms. The highest BCUT2D eigenvalue weighted by atomic mass is 79.9. The van der Waals surface area contributed by atoms with Crippen molar-refractivity contribution < 1.29 is 18.7 Å². The third-order valence-electron chi connectivity index (χ3n) is 3.01. The van der Waals surface area contributed by atoms with Crippen molar-refractivity contribution in [2.45, 2.75) is 0 Å². The molecule has 0 aliphatic heterocycles. The van der Waals surface area contributed by atoms with E-state index >= 15 is 0 Å². The molecule has 24 heavy (non-hydrogen) atoms. The summed E-state index contributed by atoms with van der Waals surface area (Å²) in [6.45, 7) is 0.192. The van der Waals surface area contributed by atoms with Gasteiger partial charge in [-0.15, -0.1) is 0 Å². The van der Waals surface area contributed by atoms with Crippen molar-refractivity contribution in [1.29, 1.82) is 0 Å². The highest BCUT2D eigenvalue weighted by Gasteiger charge is 2.08. The maximum atomic E-state index is 13.3. The van der Waals surface area contributed by atoms with E-state index in [1.807, 2.05) is 0 Å². The van der Waals surface area contributed by atoms with Gasteiger partial charge in [-0.2, -0.15) is 0 Å². The van der Waals surface area contributed by atoms with Crippen molar-refractivity contribution >= 4 is 27.7 Å². The highest BCUT2D eigenvalue weighted by molar-refractivity contribution is 9.10. The number of carbonyl (C=O) groups excluding carboxylic acids is 2. The van der Waals surface area contributed by atoms with Gasteiger partial charge in [0.15, 0.2) is 11.6 Å². The minimum atomic E-state index is -0.454. The number of halogens is 2. The van der Waals surface area contributed by atoms with Gasteiger partial charge in [0, 0.05) is 10.0 Å². The van der Waals surface area contributed by atoms with Crippen LogP contribution < -0.4 is 15.4 Å². The number of benzene rings is 2. The van der Waals surface area contributed by atoms with Crippen LogP contribution in [0.2, 0.25) is 0 Å². The van der Waals surface area contributed by atoms with Crippen molar-refractivity contribution in [3.8, 4) is 5.75 Å². The summed E-state index contributed by atoms with van der Waals surface area (Å²) in [6.07, 6.45) is 0. The molecule has 0 atom stereocenters. The fourth-order valence-electron chi connectivity index (χ4n) is 1.87. The summed E-state index contributed by atoms with van der Waals surface area (Å²) in [5.74, 6) is -1.01. The maximum Gasteiger partial charge on any atom is 0.251 e. The average Bonchev–Trinajstić information content (AvgIpc) is 2.58. The minimum Gasteiger partial charge on any atom is -0.489 e. The van der Waals surface area contributed by atoms with Gasteiger partial charge in [-0.05, 0) is 30.3 Å². The lowest BCUT2D eigenvalue weighted by atomic mass is 10.2. The number of hydrogen-bond acceptors (Lipinski definition) is 3. The van der Waals surface area contributed by atoms with E-state index in [0.717, 1.165) is 4.47 Å². The predicted molar refractivity (Wildman–Crippen MR) is 91.4 cm³/mol. The Morgan fingerprint density at radius 1 is 1.08 bits per heavy atom. The lowest BCUT2D eigenvalue weighted by molar-refractivity contribution is -0.120. The van der Waals surface area contributed by atoms with Crippen LogP contribution in [0.4, 0.5) is 4.39 Å². The Balaban J connectivity index is 1.66. The van der Waals surface area contributed by atoms with Crippen LogP contribution in [0.25, 0.3) is 0 Å². The quantitative estimate of drug-likeness (QED) is 0.709. The summed E-state index contributed by atoms with van der Waals surface area (Å²) >= 11 is 3.28. The van der Waals surface area contributed by atoms with Crippen LogP contribution in [0, 0.1) is 5.82 Å². The maximum absolute atomic E-state index is 13.3. The molecule has 126 valence electrons. The van der Waals surface area contributed by atoms with Gasteiger partial charge in [-0.25, -0.2) is 4.39 Å². The summed E-state index contributed by atoms with van der Waals surface area (Å²) in [4.78, 5) is 23.5. The van der Waals surface area contributed by atoms with Gasteiger partial charge in [0.05, 0.1) is 13.1 Å². The molecule has 0 aliphatic rings. The molecule has 0 saturated heterocycles. The van der Waals surface area contributed by atoms with Gasteiger partial charge in [0.2, 0.25) is 5.91 Å². The molecular formula is C17H16BrFN2O3. The number of carbonyl (C=O) groups is 2. The van der Waals surface area contributed by atoms with E-state index in [4.69, 9.17) is 4.74 Å². The summed E-state index contributed by atoms with van der Waals surface area (Å²) in [5.41, 5.74) is 0.458. The van der Waals surface area contributed by atoms with Crippen molar-refractivity contribution in [2.24, 2.45) is 0 Å². The first-order valence-electron chi connectivity index (χ1n) is 7.24. The largest absolute Gasteiger partial charge is 0.489 e. The number of para-hydroxylation sites is 1. The highest BCUT2D eigenvalue weighted by Crippen LogP contribution is 2.14. The molecule has 2 rings (SSSR count). The van der Waals surface area contributed by atoms with Crippen molar-refractivity contribution in [2.75, 3.05) is 19.7 Å². The fourth-order valence-corrected chi connectivity index (χ4v) is 2.27. The molecule has 0 aliphatic carbocycles. The molecule has 0 heterocycles. The van der Waals surface area contributed by atoms with E-state index in [-0.39, 0.29) is 37.3 Å². The third-order valence-corrected chi connectivity index (χ3v) is 3.51. The SMILES string of the molecule is O=C(CNC(=O)c1cccc(Br)c1)NCCOc1ccccc1F. The van der Waals surface area contributed by atoms with Gasteiger partial charge in [0.25, 0.3) is 5.91 Å². The first-order chi connectivity index (χ1) is 11.6. The van der Waals surface area contributed by atoms with Crippen LogP contribution in [-0.4, -0.2) is 31.5 Å². The standard InChI is InChI=1S/C17H16BrFN2O3/c18-13-5-3-4-12(10-13)17(23)21-11-16(22)20-8-9-24-15-7-2-1-6-14(15)19/h1-7,10H,8-9,11H2,(H,20,22)(H,21,23). The molecular weight excluding hydrogens is 379 g/mol. The van der Waals surface area contributed by atoms with Crippen molar-refractivity contribution in [1.82, 2.24) is 10.6 Å². The lowest BCUT2D eigenvalue weighted by Gasteiger charge is -2.09. The van der Waals surface area contributed by atoms with E-state index in [1.165, 1.54) is 12.1 Å².